The van der Waals surface area contributed by atoms with E-state index in [1.54, 1.807) is 37.3 Å². The highest BCUT2D eigenvalue weighted by Crippen LogP contribution is 2.29. The van der Waals surface area contributed by atoms with Crippen molar-refractivity contribution in [1.29, 1.82) is 0 Å². The predicted octanol–water partition coefficient (Wildman–Crippen LogP) is 3.49. The van der Waals surface area contributed by atoms with Gasteiger partial charge in [0, 0.05) is 11.1 Å². The van der Waals surface area contributed by atoms with Crippen LogP contribution in [0, 0.1) is 6.92 Å². The Kier molecular flexibility index (Phi) is 3.93. The normalized spacial score (nSPS) is 13.3. The van der Waals surface area contributed by atoms with Gasteiger partial charge in [-0.2, -0.15) is 0 Å². The quantitative estimate of drug-likeness (QED) is 0.735. The van der Waals surface area contributed by atoms with Crippen molar-refractivity contribution in [3.8, 4) is 0 Å². The first kappa shape index (κ1) is 15.7. The number of nitrogens with zero attached hydrogens (tertiary/aromatic N) is 3. The number of rotatable bonds is 4. The molecule has 0 spiro atoms. The predicted molar refractivity (Wildman–Crippen MR) is 90.0 cm³/mol. The van der Waals surface area contributed by atoms with Crippen LogP contribution >= 0.6 is 0 Å². The van der Waals surface area contributed by atoms with Gasteiger partial charge in [0.2, 0.25) is 0 Å². The van der Waals surface area contributed by atoms with Crippen LogP contribution in [0.25, 0.3) is 11.0 Å². The van der Waals surface area contributed by atoms with E-state index in [0.29, 0.717) is 11.3 Å². The first-order valence-corrected chi connectivity index (χ1v) is 9.04. The van der Waals surface area contributed by atoms with Gasteiger partial charge in [-0.15, -0.1) is 0 Å². The third kappa shape index (κ3) is 2.53. The van der Waals surface area contributed by atoms with Crippen molar-refractivity contribution >= 4 is 21.1 Å². The van der Waals surface area contributed by atoms with Crippen molar-refractivity contribution in [2.45, 2.75) is 38.0 Å². The number of aromatic nitrogens is 3. The summed E-state index contributed by atoms with van der Waals surface area (Å²) in [5.74, 6) is 0.246. The van der Waals surface area contributed by atoms with Gasteiger partial charge in [-0.1, -0.05) is 32.0 Å². The van der Waals surface area contributed by atoms with E-state index < -0.39 is 10.0 Å². The van der Waals surface area contributed by atoms with Gasteiger partial charge in [-0.3, -0.25) is 0 Å². The average Bonchev–Trinajstić information content (AvgIpc) is 2.91. The molecule has 0 bridgehead atoms. The number of hydrogen-bond acceptors (Lipinski definition) is 4. The van der Waals surface area contributed by atoms with Crippen LogP contribution in [0.4, 0.5) is 0 Å². The van der Waals surface area contributed by atoms with Crippen LogP contribution in [-0.4, -0.2) is 22.4 Å². The third-order valence-corrected chi connectivity index (χ3v) is 5.93. The van der Waals surface area contributed by atoms with Crippen LogP contribution in [0.3, 0.4) is 0 Å². The maximum atomic E-state index is 13.0. The molecule has 0 saturated heterocycles. The Labute approximate surface area is 136 Å². The molecule has 0 saturated carbocycles. The van der Waals surface area contributed by atoms with Gasteiger partial charge < -0.3 is 0 Å². The van der Waals surface area contributed by atoms with Gasteiger partial charge in [0.1, 0.15) is 6.33 Å². The van der Waals surface area contributed by atoms with E-state index in [1.807, 2.05) is 6.07 Å². The van der Waals surface area contributed by atoms with E-state index in [4.69, 9.17) is 0 Å². The fourth-order valence-corrected chi connectivity index (χ4v) is 4.24. The van der Waals surface area contributed by atoms with E-state index >= 15 is 0 Å². The molecule has 3 rings (SSSR count). The van der Waals surface area contributed by atoms with E-state index in [9.17, 15) is 8.42 Å². The maximum absolute atomic E-state index is 13.0. The van der Waals surface area contributed by atoms with E-state index in [1.165, 1.54) is 10.3 Å². The largest absolute Gasteiger partial charge is 0.269 e. The summed E-state index contributed by atoms with van der Waals surface area (Å²) in [7, 11) is -3.68. The van der Waals surface area contributed by atoms with Gasteiger partial charge in [-0.25, -0.2) is 22.4 Å². The molecular formula is C17H19N3O2S. The molecule has 6 heteroatoms. The second-order valence-corrected chi connectivity index (χ2v) is 7.46. The number of aryl methyl sites for hydroxylation is 1. The minimum Gasteiger partial charge on any atom is -0.240 e. The molecule has 0 fully saturated rings. The van der Waals surface area contributed by atoms with Crippen LogP contribution < -0.4 is 0 Å². The summed E-state index contributed by atoms with van der Waals surface area (Å²) in [6.45, 7) is 5.95. The van der Waals surface area contributed by atoms with Crippen LogP contribution in [0.15, 0.2) is 47.6 Å². The Morgan fingerprint density at radius 1 is 1.17 bits per heavy atom. The summed E-state index contributed by atoms with van der Waals surface area (Å²) in [6, 6.07) is 10.3. The molecule has 0 aliphatic rings. The van der Waals surface area contributed by atoms with Crippen LogP contribution in [0.1, 0.15) is 37.6 Å². The number of fused-ring (bicyclic) bond motifs is 1. The number of benzene rings is 1. The molecular weight excluding hydrogens is 310 g/mol. The summed E-state index contributed by atoms with van der Waals surface area (Å²) in [5, 5.41) is 0.804. The van der Waals surface area contributed by atoms with E-state index in [-0.39, 0.29) is 10.8 Å². The Hall–Kier alpha value is -2.21. The first-order chi connectivity index (χ1) is 11.0. The standard InChI is InChI=1S/C17H19N3O2S/c1-4-12(2)16-15-10-13(3)20(17(15)19-11-18-16)23(21,22)14-8-6-5-7-9-14/h5-12H,4H2,1-3H3. The minimum atomic E-state index is -3.68. The van der Waals surface area contributed by atoms with Crippen molar-refractivity contribution in [1.82, 2.24) is 13.9 Å². The molecule has 0 aliphatic carbocycles. The molecule has 1 unspecified atom stereocenters. The van der Waals surface area contributed by atoms with Gasteiger partial charge in [0.05, 0.1) is 10.6 Å². The van der Waals surface area contributed by atoms with Crippen LogP contribution in [0.2, 0.25) is 0 Å². The molecule has 1 atom stereocenters. The Morgan fingerprint density at radius 2 is 1.87 bits per heavy atom. The average molecular weight is 329 g/mol. The monoisotopic (exact) mass is 329 g/mol. The second kappa shape index (κ2) is 5.77. The molecule has 120 valence electrons. The zero-order valence-corrected chi connectivity index (χ0v) is 14.2. The fraction of sp³-hybridized carbons (Fsp3) is 0.294. The van der Waals surface area contributed by atoms with Crippen molar-refractivity contribution in [3.05, 3.63) is 54.1 Å². The van der Waals surface area contributed by atoms with Crippen molar-refractivity contribution in [2.75, 3.05) is 0 Å². The second-order valence-electron chi connectivity index (χ2n) is 5.67. The SMILES string of the molecule is CCC(C)c1ncnc2c1cc(C)n2S(=O)(=O)c1ccccc1. The molecule has 23 heavy (non-hydrogen) atoms. The highest BCUT2D eigenvalue weighted by Gasteiger charge is 2.24. The van der Waals surface area contributed by atoms with Gasteiger partial charge in [-0.05, 0) is 37.5 Å². The molecule has 5 nitrogen and oxygen atoms in total. The van der Waals surface area contributed by atoms with Crippen LogP contribution in [-0.2, 0) is 10.0 Å². The summed E-state index contributed by atoms with van der Waals surface area (Å²) in [6.07, 6.45) is 2.38. The number of hydrogen-bond donors (Lipinski definition) is 0. The maximum Gasteiger partial charge on any atom is 0.269 e. The van der Waals surface area contributed by atoms with Gasteiger partial charge >= 0.3 is 0 Å². The lowest BCUT2D eigenvalue weighted by molar-refractivity contribution is 0.587. The molecule has 2 heterocycles. The van der Waals surface area contributed by atoms with Crippen LogP contribution in [0.5, 0.6) is 0 Å². The summed E-state index contributed by atoms with van der Waals surface area (Å²) >= 11 is 0. The Bertz CT molecular complexity index is 947. The Balaban J connectivity index is 2.30. The van der Waals surface area contributed by atoms with Crippen molar-refractivity contribution in [3.63, 3.8) is 0 Å². The first-order valence-electron chi connectivity index (χ1n) is 7.60. The molecule has 0 amide bonds. The Morgan fingerprint density at radius 3 is 2.52 bits per heavy atom. The van der Waals surface area contributed by atoms with Gasteiger partial charge in [0.15, 0.2) is 5.65 Å². The van der Waals surface area contributed by atoms with Crippen molar-refractivity contribution < 1.29 is 8.42 Å². The lowest BCUT2D eigenvalue weighted by atomic mass is 10.0. The highest BCUT2D eigenvalue weighted by atomic mass is 32.2. The summed E-state index contributed by atoms with van der Waals surface area (Å²) in [4.78, 5) is 8.87. The van der Waals surface area contributed by atoms with Crippen molar-refractivity contribution in [2.24, 2.45) is 0 Å². The summed E-state index contributed by atoms with van der Waals surface area (Å²) in [5.41, 5.74) is 1.97. The molecule has 0 N–H and O–H groups in total. The molecule has 1 aromatic carbocycles. The molecule has 2 aromatic heterocycles. The fourth-order valence-electron chi connectivity index (χ4n) is 2.72. The lowest BCUT2D eigenvalue weighted by Gasteiger charge is -2.11. The molecule has 3 aromatic rings. The van der Waals surface area contributed by atoms with E-state index in [0.717, 1.165) is 17.5 Å². The third-order valence-electron chi connectivity index (χ3n) is 4.12. The zero-order chi connectivity index (χ0) is 16.6. The van der Waals surface area contributed by atoms with Gasteiger partial charge in [0.25, 0.3) is 10.0 Å². The molecule has 0 radical (unpaired) electrons. The molecule has 0 aliphatic heterocycles. The summed E-state index contributed by atoms with van der Waals surface area (Å²) < 4.78 is 27.3. The topological polar surface area (TPSA) is 64.8 Å². The highest BCUT2D eigenvalue weighted by molar-refractivity contribution is 7.90. The lowest BCUT2D eigenvalue weighted by Crippen LogP contribution is -2.15. The van der Waals surface area contributed by atoms with E-state index in [2.05, 4.69) is 23.8 Å². The minimum absolute atomic E-state index is 0.246. The smallest absolute Gasteiger partial charge is 0.240 e. The zero-order valence-electron chi connectivity index (χ0n) is 13.4.